The van der Waals surface area contributed by atoms with Crippen LogP contribution >= 0.6 is 0 Å². The lowest BCUT2D eigenvalue weighted by molar-refractivity contribution is 0.0288. The third-order valence-electron chi connectivity index (χ3n) is 4.90. The minimum Gasteiger partial charge on any atom is -0.465 e. The van der Waals surface area contributed by atoms with E-state index in [1.54, 1.807) is 19.2 Å². The van der Waals surface area contributed by atoms with Gasteiger partial charge in [0.25, 0.3) is 5.91 Å². The molecule has 2 N–H and O–H groups in total. The topological polar surface area (TPSA) is 78.9 Å². The minimum atomic E-state index is -0.964. The Hall–Kier alpha value is -3.64. The summed E-state index contributed by atoms with van der Waals surface area (Å²) in [6, 6.07) is 26.3. The highest BCUT2D eigenvalue weighted by Gasteiger charge is 2.15. The van der Waals surface area contributed by atoms with Gasteiger partial charge in [-0.15, -0.1) is 0 Å². The van der Waals surface area contributed by atoms with Gasteiger partial charge in [0, 0.05) is 24.8 Å². The van der Waals surface area contributed by atoms with Crippen LogP contribution in [0.25, 0.3) is 0 Å². The quantitative estimate of drug-likeness (QED) is 0.501. The molecule has 0 aliphatic carbocycles. The molecule has 2 amide bonds. The van der Waals surface area contributed by atoms with Crippen LogP contribution in [0.4, 0.5) is 10.5 Å². The maximum absolute atomic E-state index is 12.4. The summed E-state index contributed by atoms with van der Waals surface area (Å²) in [7, 11) is 1.54. The van der Waals surface area contributed by atoms with Gasteiger partial charge < -0.3 is 20.1 Å². The van der Waals surface area contributed by atoms with E-state index in [1.165, 1.54) is 4.90 Å². The van der Waals surface area contributed by atoms with E-state index in [1.807, 2.05) is 72.8 Å². The maximum Gasteiger partial charge on any atom is 0.407 e. The Labute approximate surface area is 182 Å². The zero-order chi connectivity index (χ0) is 22.1. The van der Waals surface area contributed by atoms with Gasteiger partial charge in [-0.3, -0.25) is 4.79 Å². The highest BCUT2D eigenvalue weighted by molar-refractivity contribution is 6.04. The molecule has 0 spiro atoms. The Bertz CT molecular complexity index is 993. The van der Waals surface area contributed by atoms with E-state index in [4.69, 9.17) is 9.84 Å². The van der Waals surface area contributed by atoms with Crippen molar-refractivity contribution in [3.05, 3.63) is 102 Å². The molecule has 160 valence electrons. The summed E-state index contributed by atoms with van der Waals surface area (Å²) in [5.41, 5.74) is 3.20. The molecule has 3 aromatic carbocycles. The molecule has 0 aliphatic rings. The van der Waals surface area contributed by atoms with Crippen molar-refractivity contribution in [1.29, 1.82) is 0 Å². The number of ether oxygens (including phenoxy) is 1. The summed E-state index contributed by atoms with van der Waals surface area (Å²) < 4.78 is 6.16. The second-order valence-electron chi connectivity index (χ2n) is 7.22. The molecule has 6 nitrogen and oxygen atoms in total. The summed E-state index contributed by atoms with van der Waals surface area (Å²) in [5, 5.41) is 12.0. The molecule has 0 saturated carbocycles. The van der Waals surface area contributed by atoms with Gasteiger partial charge in [-0.2, -0.15) is 0 Å². The molecule has 0 heterocycles. The molecule has 3 rings (SSSR count). The smallest absolute Gasteiger partial charge is 0.407 e. The van der Waals surface area contributed by atoms with Crippen LogP contribution in [-0.2, 0) is 11.3 Å². The molecular formula is C25H26N2O4. The van der Waals surface area contributed by atoms with Crippen LogP contribution in [0, 0.1) is 0 Å². The van der Waals surface area contributed by atoms with Crippen molar-refractivity contribution >= 4 is 17.7 Å². The Kier molecular flexibility index (Phi) is 7.79. The van der Waals surface area contributed by atoms with E-state index in [2.05, 4.69) is 5.32 Å². The first-order valence-electron chi connectivity index (χ1n) is 10.1. The van der Waals surface area contributed by atoms with Crippen LogP contribution < -0.4 is 5.32 Å². The number of carbonyl (C=O) groups is 2. The highest BCUT2D eigenvalue weighted by Crippen LogP contribution is 2.24. The van der Waals surface area contributed by atoms with Crippen LogP contribution in [0.5, 0.6) is 0 Å². The third kappa shape index (κ3) is 6.69. The fraction of sp³-hybridized carbons (Fsp3) is 0.200. The van der Waals surface area contributed by atoms with Gasteiger partial charge in [0.2, 0.25) is 0 Å². The molecule has 0 bridgehead atoms. The first kappa shape index (κ1) is 22.1. The molecule has 3 aromatic rings. The third-order valence-corrected chi connectivity index (χ3v) is 4.90. The van der Waals surface area contributed by atoms with Crippen LogP contribution in [0.15, 0.2) is 84.9 Å². The van der Waals surface area contributed by atoms with E-state index in [0.717, 1.165) is 11.1 Å². The molecule has 0 fully saturated rings. The fourth-order valence-corrected chi connectivity index (χ4v) is 3.15. The number of rotatable bonds is 9. The van der Waals surface area contributed by atoms with E-state index in [0.29, 0.717) is 30.8 Å². The average Bonchev–Trinajstić information content (AvgIpc) is 2.80. The van der Waals surface area contributed by atoms with Crippen molar-refractivity contribution in [3.8, 4) is 0 Å². The zero-order valence-corrected chi connectivity index (χ0v) is 17.4. The number of nitrogens with one attached hydrogen (secondary N) is 1. The maximum atomic E-state index is 12.4. The zero-order valence-electron chi connectivity index (χ0n) is 17.4. The molecule has 6 heteroatoms. The first-order chi connectivity index (χ1) is 15.0. The minimum absolute atomic E-state index is 0.169. The first-order valence-corrected chi connectivity index (χ1v) is 10.1. The van der Waals surface area contributed by atoms with Gasteiger partial charge in [0.1, 0.15) is 0 Å². The van der Waals surface area contributed by atoms with Gasteiger partial charge in [-0.25, -0.2) is 4.79 Å². The summed E-state index contributed by atoms with van der Waals surface area (Å²) in [6.45, 7) is 0.702. The summed E-state index contributed by atoms with van der Waals surface area (Å²) in [5.74, 6) is -0.169. The number of benzene rings is 3. The van der Waals surface area contributed by atoms with Gasteiger partial charge in [-0.05, 0) is 41.8 Å². The largest absolute Gasteiger partial charge is 0.465 e. The predicted octanol–water partition coefficient (Wildman–Crippen LogP) is 5.20. The van der Waals surface area contributed by atoms with Crippen LogP contribution in [-0.4, -0.2) is 35.6 Å². The Morgan fingerprint density at radius 3 is 2.32 bits per heavy atom. The standard InChI is InChI=1S/C25H26N2O4/c1-27(25(29)30)16-15-23(20-10-4-2-5-11-20)31-18-19-9-8-14-22(17-19)26-24(28)21-12-6-3-7-13-21/h2-14,17,23H,15-16,18H2,1H3,(H,26,28)(H,29,30). The van der Waals surface area contributed by atoms with Crippen molar-refractivity contribution in [1.82, 2.24) is 4.90 Å². The fourth-order valence-electron chi connectivity index (χ4n) is 3.15. The van der Waals surface area contributed by atoms with E-state index >= 15 is 0 Å². The number of hydrogen-bond donors (Lipinski definition) is 2. The number of amides is 2. The highest BCUT2D eigenvalue weighted by atomic mass is 16.5. The summed E-state index contributed by atoms with van der Waals surface area (Å²) >= 11 is 0. The molecule has 0 radical (unpaired) electrons. The molecule has 0 saturated heterocycles. The van der Waals surface area contributed by atoms with Crippen molar-refractivity contribution in [2.75, 3.05) is 18.9 Å². The van der Waals surface area contributed by atoms with E-state index < -0.39 is 6.09 Å². The Morgan fingerprint density at radius 1 is 0.968 bits per heavy atom. The molecule has 0 aromatic heterocycles. The van der Waals surface area contributed by atoms with Gasteiger partial charge in [-0.1, -0.05) is 60.7 Å². The molecule has 1 unspecified atom stereocenters. The lowest BCUT2D eigenvalue weighted by atomic mass is 10.1. The number of carbonyl (C=O) groups excluding carboxylic acids is 1. The lowest BCUT2D eigenvalue weighted by Gasteiger charge is -2.21. The Balaban J connectivity index is 1.65. The van der Waals surface area contributed by atoms with Crippen LogP contribution in [0.1, 0.15) is 34.0 Å². The molecule has 1 atom stereocenters. The second-order valence-corrected chi connectivity index (χ2v) is 7.22. The van der Waals surface area contributed by atoms with Gasteiger partial charge >= 0.3 is 6.09 Å². The van der Waals surface area contributed by atoms with Crippen molar-refractivity contribution in [2.45, 2.75) is 19.1 Å². The van der Waals surface area contributed by atoms with Gasteiger partial charge in [0.15, 0.2) is 0 Å². The van der Waals surface area contributed by atoms with Crippen molar-refractivity contribution < 1.29 is 19.4 Å². The second kappa shape index (κ2) is 10.9. The van der Waals surface area contributed by atoms with Crippen molar-refractivity contribution in [2.24, 2.45) is 0 Å². The SMILES string of the molecule is CN(CCC(OCc1cccc(NC(=O)c2ccccc2)c1)c1ccccc1)C(=O)O. The number of anilines is 1. The average molecular weight is 418 g/mol. The molecular weight excluding hydrogens is 392 g/mol. The summed E-state index contributed by atoms with van der Waals surface area (Å²) in [4.78, 5) is 24.7. The number of hydrogen-bond acceptors (Lipinski definition) is 3. The normalized spacial score (nSPS) is 11.5. The van der Waals surface area contributed by atoms with Crippen LogP contribution in [0.3, 0.4) is 0 Å². The van der Waals surface area contributed by atoms with E-state index in [-0.39, 0.29) is 12.0 Å². The molecule has 31 heavy (non-hydrogen) atoms. The van der Waals surface area contributed by atoms with Gasteiger partial charge in [0.05, 0.1) is 12.7 Å². The lowest BCUT2D eigenvalue weighted by Crippen LogP contribution is -2.27. The molecule has 0 aliphatic heterocycles. The monoisotopic (exact) mass is 418 g/mol. The van der Waals surface area contributed by atoms with Crippen molar-refractivity contribution in [3.63, 3.8) is 0 Å². The number of carboxylic acid groups (broad SMARTS) is 1. The van der Waals surface area contributed by atoms with Crippen LogP contribution in [0.2, 0.25) is 0 Å². The van der Waals surface area contributed by atoms with E-state index in [9.17, 15) is 9.59 Å². The number of nitrogens with zero attached hydrogens (tertiary/aromatic N) is 1. The predicted molar refractivity (Wildman–Crippen MR) is 120 cm³/mol. The Morgan fingerprint density at radius 2 is 1.65 bits per heavy atom. The summed E-state index contributed by atoms with van der Waals surface area (Å²) in [6.07, 6.45) is -0.670.